The van der Waals surface area contributed by atoms with E-state index in [4.69, 9.17) is 9.47 Å². The van der Waals surface area contributed by atoms with Gasteiger partial charge >= 0.3 is 5.97 Å². The number of anilines is 1. The van der Waals surface area contributed by atoms with Crippen molar-refractivity contribution in [3.63, 3.8) is 0 Å². The second-order valence-corrected chi connectivity index (χ2v) is 11.2. The molecule has 6 unspecified atom stereocenters. The highest BCUT2D eigenvalue weighted by atomic mass is 16.5. The van der Waals surface area contributed by atoms with Gasteiger partial charge in [0.05, 0.1) is 18.6 Å². The Morgan fingerprint density at radius 2 is 1.86 bits per heavy atom. The van der Waals surface area contributed by atoms with Crippen LogP contribution >= 0.6 is 0 Å². The Bertz CT molecular complexity index is 1200. The summed E-state index contributed by atoms with van der Waals surface area (Å²) in [7, 11) is 1.53. The third-order valence-corrected chi connectivity index (χ3v) is 7.60. The maximum atomic E-state index is 13.0. The number of aliphatic hydroxyl groups is 1. The molecule has 6 atom stereocenters. The minimum atomic E-state index is -0.881. The fourth-order valence-corrected chi connectivity index (χ4v) is 4.55. The number of hydrogen-bond donors (Lipinski definition) is 4. The maximum absolute atomic E-state index is 13.0. The first kappa shape index (κ1) is 35.5. The van der Waals surface area contributed by atoms with Crippen LogP contribution in [0.2, 0.25) is 0 Å². The number of nitrogens with one attached hydrogen (secondary N) is 2. The van der Waals surface area contributed by atoms with Crippen molar-refractivity contribution in [1.29, 1.82) is 0 Å². The van der Waals surface area contributed by atoms with Gasteiger partial charge in [0.2, 0.25) is 11.8 Å². The lowest BCUT2D eigenvalue weighted by Crippen LogP contribution is -2.44. The quantitative estimate of drug-likeness (QED) is 0.264. The number of carbonyl (C=O) groups is 3. The van der Waals surface area contributed by atoms with Crippen LogP contribution < -0.4 is 10.6 Å². The Morgan fingerprint density at radius 3 is 2.56 bits per heavy atom. The molecule has 1 aromatic rings. The van der Waals surface area contributed by atoms with Gasteiger partial charge in [0, 0.05) is 37.1 Å². The molecule has 9 heteroatoms. The average Bonchev–Trinajstić information content (AvgIpc) is 2.96. The number of phenolic OH excluding ortho intramolecular Hbond substituents is 1. The van der Waals surface area contributed by atoms with Crippen molar-refractivity contribution in [3.05, 3.63) is 71.9 Å². The van der Waals surface area contributed by atoms with Gasteiger partial charge in [0.1, 0.15) is 17.9 Å². The van der Waals surface area contributed by atoms with E-state index in [1.807, 2.05) is 45.1 Å². The lowest BCUT2D eigenvalue weighted by molar-refractivity contribution is -0.156. The van der Waals surface area contributed by atoms with E-state index >= 15 is 0 Å². The lowest BCUT2D eigenvalue weighted by Gasteiger charge is -2.29. The molecule has 0 radical (unpaired) electrons. The number of benzene rings is 1. The Hall–Kier alpha value is -3.69. The van der Waals surface area contributed by atoms with E-state index in [1.165, 1.54) is 13.2 Å². The highest BCUT2D eigenvalue weighted by molar-refractivity contribution is 5.91. The second kappa shape index (κ2) is 18.1. The van der Waals surface area contributed by atoms with Crippen LogP contribution in [-0.4, -0.2) is 59.5 Å². The molecule has 2 amide bonds. The van der Waals surface area contributed by atoms with Crippen molar-refractivity contribution < 1.29 is 34.1 Å². The fraction of sp³-hybridized carbons (Fsp3) is 0.500. The first-order valence-electron chi connectivity index (χ1n) is 15.0. The van der Waals surface area contributed by atoms with Crippen molar-refractivity contribution >= 4 is 23.5 Å². The molecule has 0 saturated carbocycles. The van der Waals surface area contributed by atoms with E-state index in [2.05, 4.69) is 10.6 Å². The minimum Gasteiger partial charge on any atom is -0.508 e. The van der Waals surface area contributed by atoms with E-state index in [0.717, 1.165) is 11.1 Å². The summed E-state index contributed by atoms with van der Waals surface area (Å²) in [6.45, 7) is 8.96. The molecule has 2 rings (SSSR count). The van der Waals surface area contributed by atoms with Gasteiger partial charge in [-0.15, -0.1) is 0 Å². The molecule has 1 aliphatic heterocycles. The molecule has 1 aromatic carbocycles. The Morgan fingerprint density at radius 1 is 1.14 bits per heavy atom. The predicted octanol–water partition coefficient (Wildman–Crippen LogP) is 5.15. The van der Waals surface area contributed by atoms with Gasteiger partial charge in [-0.1, -0.05) is 63.3 Å². The number of fused-ring (bicyclic) bond motifs is 2. The van der Waals surface area contributed by atoms with Crippen LogP contribution in [0, 0.1) is 11.8 Å². The molecule has 1 heterocycles. The number of esters is 1. The molecule has 9 nitrogen and oxygen atoms in total. The number of allylic oxidation sites excluding steroid dienone is 5. The van der Waals surface area contributed by atoms with Crippen LogP contribution in [0.25, 0.3) is 0 Å². The molecular weight excluding hydrogens is 548 g/mol. The van der Waals surface area contributed by atoms with Crippen LogP contribution in [-0.2, 0) is 30.3 Å². The molecule has 0 saturated heterocycles. The number of carbonyl (C=O) groups excluding carboxylic acids is 3. The van der Waals surface area contributed by atoms with Gasteiger partial charge in [-0.2, -0.15) is 0 Å². The zero-order valence-electron chi connectivity index (χ0n) is 26.2. The largest absolute Gasteiger partial charge is 0.508 e. The van der Waals surface area contributed by atoms with Crippen molar-refractivity contribution in [2.45, 2.75) is 91.1 Å². The number of methoxy groups -OCH3 is 1. The summed E-state index contributed by atoms with van der Waals surface area (Å²) in [6.07, 6.45) is 13.0. The monoisotopic (exact) mass is 596 g/mol. The summed E-state index contributed by atoms with van der Waals surface area (Å²) in [5.74, 6) is -1.63. The van der Waals surface area contributed by atoms with E-state index in [9.17, 15) is 24.6 Å². The Labute approximate surface area is 255 Å². The minimum absolute atomic E-state index is 0.0422. The summed E-state index contributed by atoms with van der Waals surface area (Å²) in [5.41, 5.74) is 2.04. The first-order chi connectivity index (χ1) is 20.4. The van der Waals surface area contributed by atoms with Crippen molar-refractivity contribution in [1.82, 2.24) is 5.32 Å². The summed E-state index contributed by atoms with van der Waals surface area (Å²) in [6, 6.07) is 4.12. The summed E-state index contributed by atoms with van der Waals surface area (Å²) in [4.78, 5) is 37.9. The highest BCUT2D eigenvalue weighted by Crippen LogP contribution is 2.24. The molecule has 0 aromatic heterocycles. The third-order valence-electron chi connectivity index (χ3n) is 7.60. The Kier molecular flexibility index (Phi) is 14.9. The zero-order chi connectivity index (χ0) is 31.9. The number of aromatic hydroxyl groups is 1. The number of aryl methyl sites for hydroxylation is 1. The number of ether oxygens (including phenoxy) is 2. The van der Waals surface area contributed by atoms with Crippen molar-refractivity contribution in [2.75, 3.05) is 12.4 Å². The number of aliphatic hydroxyl groups excluding tert-OH is 1. The van der Waals surface area contributed by atoms with Gasteiger partial charge in [0.15, 0.2) is 0 Å². The molecular formula is C34H48N2O7. The van der Waals surface area contributed by atoms with Gasteiger partial charge in [-0.25, -0.2) is 4.79 Å². The molecule has 2 bridgehead atoms. The van der Waals surface area contributed by atoms with Crippen molar-refractivity contribution in [3.8, 4) is 5.75 Å². The summed E-state index contributed by atoms with van der Waals surface area (Å²) < 4.78 is 11.3. The fourth-order valence-electron chi connectivity index (χ4n) is 4.55. The summed E-state index contributed by atoms with van der Waals surface area (Å²) in [5, 5.41) is 27.0. The number of rotatable bonds is 6. The average molecular weight is 597 g/mol. The topological polar surface area (TPSA) is 134 Å². The molecule has 0 fully saturated rings. The number of amides is 2. The smallest absolute Gasteiger partial charge is 0.328 e. The van der Waals surface area contributed by atoms with Gasteiger partial charge < -0.3 is 30.3 Å². The standard InChI is InChI=1S/C34H48N2O7/c1-7-22(2)33(40)35-25(5)34(41)43-30-17-12-10-8-9-11-16-29(42-6)21-31(38)36-27-18-26(19-28(37)20-27)15-13-14-23(3)32(39)24(30)4/h8-12,14,16,18-20,22,24-25,29-30,32,37,39H,7,13,15,17,21H2,1-6H3,(H,35,40)(H,36,38)/b9-8-,12-10-,16-11+,23-14-. The van der Waals surface area contributed by atoms with Gasteiger partial charge in [-0.3, -0.25) is 9.59 Å². The summed E-state index contributed by atoms with van der Waals surface area (Å²) >= 11 is 0. The van der Waals surface area contributed by atoms with Gasteiger partial charge in [-0.05, 0) is 56.4 Å². The second-order valence-electron chi connectivity index (χ2n) is 11.2. The van der Waals surface area contributed by atoms with Gasteiger partial charge in [0.25, 0.3) is 0 Å². The Balaban J connectivity index is 2.31. The van der Waals surface area contributed by atoms with E-state index < -0.39 is 36.2 Å². The molecule has 1 aliphatic rings. The third kappa shape index (κ3) is 12.2. The first-order valence-corrected chi connectivity index (χ1v) is 15.0. The molecule has 236 valence electrons. The molecule has 4 N–H and O–H groups in total. The maximum Gasteiger partial charge on any atom is 0.328 e. The SMILES string of the molecule is CCC(C)C(=O)NC(C)C(=O)OC1C\C=C/C=C\C=C\C(OC)CC(=O)Nc2cc(O)cc(c2)CC/C=C(/C)C(O)C1C. The van der Waals surface area contributed by atoms with Crippen molar-refractivity contribution in [2.24, 2.45) is 11.8 Å². The van der Waals surface area contributed by atoms with Crippen LogP contribution in [0.1, 0.15) is 65.9 Å². The number of hydrogen-bond acceptors (Lipinski definition) is 7. The van der Waals surface area contributed by atoms with E-state index in [0.29, 0.717) is 31.4 Å². The van der Waals surface area contributed by atoms with Crippen LogP contribution in [0.15, 0.2) is 66.3 Å². The molecule has 0 aliphatic carbocycles. The zero-order valence-corrected chi connectivity index (χ0v) is 26.2. The number of phenols is 1. The normalized spacial score (nSPS) is 27.1. The molecule has 0 spiro atoms. The van der Waals surface area contributed by atoms with Crippen LogP contribution in [0.4, 0.5) is 5.69 Å². The van der Waals surface area contributed by atoms with Crippen LogP contribution in [0.5, 0.6) is 5.75 Å². The lowest BCUT2D eigenvalue weighted by atomic mass is 9.90. The van der Waals surface area contributed by atoms with Crippen LogP contribution in [0.3, 0.4) is 0 Å². The van der Waals surface area contributed by atoms with E-state index in [-0.39, 0.29) is 29.9 Å². The van der Waals surface area contributed by atoms with E-state index in [1.54, 1.807) is 44.2 Å². The highest BCUT2D eigenvalue weighted by Gasteiger charge is 2.30. The predicted molar refractivity (Wildman–Crippen MR) is 168 cm³/mol. The molecule has 43 heavy (non-hydrogen) atoms.